The first-order chi connectivity index (χ1) is 11.4. The summed E-state index contributed by atoms with van der Waals surface area (Å²) in [6.07, 6.45) is 0. The summed E-state index contributed by atoms with van der Waals surface area (Å²) in [4.78, 5) is 14.5. The van der Waals surface area contributed by atoms with Crippen molar-refractivity contribution in [2.45, 2.75) is 26.3 Å². The lowest BCUT2D eigenvalue weighted by Crippen LogP contribution is -2.10. The van der Waals surface area contributed by atoms with Crippen LogP contribution in [0.3, 0.4) is 0 Å². The molecule has 0 fully saturated rings. The van der Waals surface area contributed by atoms with Gasteiger partial charge < -0.3 is 14.6 Å². The molecule has 1 atom stereocenters. The molecule has 0 radical (unpaired) electrons. The molecule has 0 aliphatic heterocycles. The van der Waals surface area contributed by atoms with Crippen molar-refractivity contribution in [1.29, 1.82) is 0 Å². The van der Waals surface area contributed by atoms with Gasteiger partial charge in [0.1, 0.15) is 5.82 Å². The molecule has 9 heteroatoms. The molecular weight excluding hydrogens is 317 g/mol. The molecular formula is C15H14FN5O3. The number of aromatic nitrogens is 4. The maximum Gasteiger partial charge on any atom is 0.390 e. The van der Waals surface area contributed by atoms with Crippen molar-refractivity contribution in [2.75, 3.05) is 0 Å². The first-order valence-electron chi connectivity index (χ1n) is 7.22. The molecule has 24 heavy (non-hydrogen) atoms. The Hall–Kier alpha value is -3.10. The van der Waals surface area contributed by atoms with Gasteiger partial charge in [0.05, 0.1) is 29.3 Å². The van der Waals surface area contributed by atoms with Gasteiger partial charge in [-0.05, 0) is 36.1 Å². The molecule has 0 aliphatic rings. The summed E-state index contributed by atoms with van der Waals surface area (Å²) in [5.74, 6) is 0.0145. The molecule has 0 amide bonds. The van der Waals surface area contributed by atoms with Crippen LogP contribution in [0.1, 0.15) is 24.4 Å². The molecule has 124 valence electrons. The lowest BCUT2D eigenvalue weighted by molar-refractivity contribution is -0.389. The van der Waals surface area contributed by atoms with Gasteiger partial charge in [-0.25, -0.2) is 4.39 Å². The fourth-order valence-corrected chi connectivity index (χ4v) is 2.26. The summed E-state index contributed by atoms with van der Waals surface area (Å²) in [6.45, 7) is 3.96. The Bertz CT molecular complexity index is 872. The van der Waals surface area contributed by atoms with E-state index in [2.05, 4.69) is 15.2 Å². The van der Waals surface area contributed by atoms with E-state index in [0.717, 1.165) is 0 Å². The van der Waals surface area contributed by atoms with Crippen LogP contribution in [0.5, 0.6) is 0 Å². The lowest BCUT2D eigenvalue weighted by atomic mass is 10.1. The minimum absolute atomic E-state index is 0.190. The van der Waals surface area contributed by atoms with Crippen LogP contribution in [0.25, 0.3) is 11.4 Å². The number of hydrogen-bond acceptors (Lipinski definition) is 6. The molecule has 2 aromatic heterocycles. The first-order valence-corrected chi connectivity index (χ1v) is 7.22. The molecule has 1 aromatic carbocycles. The molecule has 0 bridgehead atoms. The second-order valence-corrected chi connectivity index (χ2v) is 5.45. The van der Waals surface area contributed by atoms with Crippen molar-refractivity contribution < 1.29 is 13.8 Å². The quantitative estimate of drug-likeness (QED) is 0.526. The van der Waals surface area contributed by atoms with E-state index >= 15 is 0 Å². The Morgan fingerprint density at radius 3 is 2.71 bits per heavy atom. The molecule has 0 saturated carbocycles. The molecule has 3 rings (SSSR count). The fraction of sp³-hybridized carbons (Fsp3) is 0.267. The van der Waals surface area contributed by atoms with Gasteiger partial charge in [0, 0.05) is 5.56 Å². The number of halogens is 1. The monoisotopic (exact) mass is 331 g/mol. The predicted molar refractivity (Wildman–Crippen MR) is 81.7 cm³/mol. The number of aryl methyl sites for hydroxylation is 1. The third-order valence-corrected chi connectivity index (χ3v) is 3.57. The van der Waals surface area contributed by atoms with E-state index in [1.54, 1.807) is 19.1 Å². The zero-order valence-corrected chi connectivity index (χ0v) is 13.0. The van der Waals surface area contributed by atoms with Gasteiger partial charge >= 0.3 is 5.82 Å². The molecule has 1 unspecified atom stereocenters. The van der Waals surface area contributed by atoms with E-state index in [0.29, 0.717) is 29.5 Å². The third kappa shape index (κ3) is 3.14. The van der Waals surface area contributed by atoms with E-state index in [1.165, 1.54) is 22.9 Å². The largest absolute Gasteiger partial charge is 0.390 e. The molecule has 0 N–H and O–H groups in total. The molecule has 8 nitrogen and oxygen atoms in total. The van der Waals surface area contributed by atoms with Crippen molar-refractivity contribution in [3.63, 3.8) is 0 Å². The number of nitrogens with zero attached hydrogens (tertiary/aromatic N) is 5. The normalized spacial score (nSPS) is 12.3. The second-order valence-electron chi connectivity index (χ2n) is 5.45. The molecule has 3 aromatic rings. The SMILES string of the molecule is Cc1cc([N+](=O)[O-])nn1CC(C)c1nc(-c2ccc(F)cc2)no1. The number of nitro groups is 1. The topological polar surface area (TPSA) is 99.9 Å². The first kappa shape index (κ1) is 15.8. The third-order valence-electron chi connectivity index (χ3n) is 3.57. The number of rotatable bonds is 5. The van der Waals surface area contributed by atoms with Gasteiger partial charge in [-0.1, -0.05) is 12.1 Å². The highest BCUT2D eigenvalue weighted by atomic mass is 19.1. The zero-order valence-electron chi connectivity index (χ0n) is 13.0. The molecule has 0 saturated heterocycles. The van der Waals surface area contributed by atoms with Crippen LogP contribution < -0.4 is 0 Å². The molecule has 0 spiro atoms. The minimum atomic E-state index is -0.534. The number of hydrogen-bond donors (Lipinski definition) is 0. The fourth-order valence-electron chi connectivity index (χ4n) is 2.26. The minimum Gasteiger partial charge on any atom is -0.358 e. The van der Waals surface area contributed by atoms with Gasteiger partial charge in [0.15, 0.2) is 0 Å². The van der Waals surface area contributed by atoms with Crippen molar-refractivity contribution >= 4 is 5.82 Å². The van der Waals surface area contributed by atoms with Crippen LogP contribution >= 0.6 is 0 Å². The van der Waals surface area contributed by atoms with Gasteiger partial charge in [-0.3, -0.25) is 0 Å². The lowest BCUT2D eigenvalue weighted by Gasteiger charge is -2.04. The van der Waals surface area contributed by atoms with Crippen LogP contribution in [0.2, 0.25) is 0 Å². The molecule has 0 aliphatic carbocycles. The van der Waals surface area contributed by atoms with E-state index in [-0.39, 0.29) is 17.6 Å². The van der Waals surface area contributed by atoms with Crippen LogP contribution in [0.4, 0.5) is 10.2 Å². The highest BCUT2D eigenvalue weighted by Crippen LogP contribution is 2.22. The Kier molecular flexibility index (Phi) is 4.07. The summed E-state index contributed by atoms with van der Waals surface area (Å²) in [6, 6.07) is 7.18. The van der Waals surface area contributed by atoms with Gasteiger partial charge in [-0.15, -0.1) is 0 Å². The van der Waals surface area contributed by atoms with Gasteiger partial charge in [0.25, 0.3) is 0 Å². The smallest absolute Gasteiger partial charge is 0.358 e. The van der Waals surface area contributed by atoms with Crippen molar-refractivity contribution in [2.24, 2.45) is 0 Å². The number of benzene rings is 1. The highest BCUT2D eigenvalue weighted by molar-refractivity contribution is 5.53. The summed E-state index contributed by atoms with van der Waals surface area (Å²) in [5.41, 5.74) is 1.32. The maximum atomic E-state index is 13.0. The Labute approximate surface area is 136 Å². The van der Waals surface area contributed by atoms with E-state index in [4.69, 9.17) is 4.52 Å². The van der Waals surface area contributed by atoms with Crippen LogP contribution in [-0.4, -0.2) is 24.8 Å². The standard InChI is InChI=1S/C15H14FN5O3/c1-9(8-20-10(2)7-13(18-20)21(22)23)15-17-14(19-24-15)11-3-5-12(16)6-4-11/h3-7,9H,8H2,1-2H3. The Balaban J connectivity index is 1.77. The van der Waals surface area contributed by atoms with E-state index < -0.39 is 4.92 Å². The van der Waals surface area contributed by atoms with E-state index in [9.17, 15) is 14.5 Å². The second kappa shape index (κ2) is 6.19. The summed E-state index contributed by atoms with van der Waals surface area (Å²) >= 11 is 0. The van der Waals surface area contributed by atoms with Crippen LogP contribution in [0, 0.1) is 22.9 Å². The average molecular weight is 331 g/mol. The Morgan fingerprint density at radius 1 is 1.38 bits per heavy atom. The van der Waals surface area contributed by atoms with Gasteiger partial charge in [-0.2, -0.15) is 9.67 Å². The van der Waals surface area contributed by atoms with Crippen LogP contribution in [-0.2, 0) is 6.54 Å². The summed E-state index contributed by atoms with van der Waals surface area (Å²) < 4.78 is 19.7. The molecule has 2 heterocycles. The summed E-state index contributed by atoms with van der Waals surface area (Å²) in [7, 11) is 0. The van der Waals surface area contributed by atoms with Crippen LogP contribution in [0.15, 0.2) is 34.9 Å². The van der Waals surface area contributed by atoms with Gasteiger partial charge in [0.2, 0.25) is 11.7 Å². The van der Waals surface area contributed by atoms with Crippen molar-refractivity contribution in [3.8, 4) is 11.4 Å². The Morgan fingerprint density at radius 2 is 2.08 bits per heavy atom. The highest BCUT2D eigenvalue weighted by Gasteiger charge is 2.21. The summed E-state index contributed by atoms with van der Waals surface area (Å²) in [5, 5.41) is 18.6. The zero-order chi connectivity index (χ0) is 17.3. The van der Waals surface area contributed by atoms with E-state index in [1.807, 2.05) is 6.92 Å². The maximum absolute atomic E-state index is 13.0. The predicted octanol–water partition coefficient (Wildman–Crippen LogP) is 3.09. The average Bonchev–Trinajstić information content (AvgIpc) is 3.16. The van der Waals surface area contributed by atoms with Crippen molar-refractivity contribution in [3.05, 3.63) is 57.8 Å². The van der Waals surface area contributed by atoms with Crippen molar-refractivity contribution in [1.82, 2.24) is 19.9 Å².